The lowest BCUT2D eigenvalue weighted by Gasteiger charge is -2.55. The Morgan fingerprint density at radius 3 is 2.00 bits per heavy atom. The molecule has 1 nitrogen and oxygen atoms in total. The molecule has 4 bridgehead atoms. The summed E-state index contributed by atoms with van der Waals surface area (Å²) >= 11 is 0. The van der Waals surface area contributed by atoms with Crippen LogP contribution in [0.5, 0.6) is 0 Å². The first kappa shape index (κ1) is 8.94. The Labute approximate surface area is 87.0 Å². The number of rotatable bonds is 2. The molecule has 0 N–H and O–H groups in total. The zero-order valence-corrected chi connectivity index (χ0v) is 9.21. The Kier molecular flexibility index (Phi) is 1.97. The third-order valence-electron chi connectivity index (χ3n) is 4.55. The molecule has 0 spiro atoms. The fraction of sp³-hybridized carbons (Fsp3) is 0.923. The molecule has 4 aliphatic carbocycles. The zero-order chi connectivity index (χ0) is 9.60. The second kappa shape index (κ2) is 3.08. The SMILES string of the molecule is CCC=NC12CC3CC(CC(C3)C1)C2. The van der Waals surface area contributed by atoms with Crippen molar-refractivity contribution in [1.29, 1.82) is 0 Å². The van der Waals surface area contributed by atoms with E-state index in [1.165, 1.54) is 38.5 Å². The summed E-state index contributed by atoms with van der Waals surface area (Å²) in [5.41, 5.74) is 0.421. The molecule has 0 radical (unpaired) electrons. The maximum absolute atomic E-state index is 4.91. The highest BCUT2D eigenvalue weighted by Crippen LogP contribution is 2.57. The molecule has 0 amide bonds. The zero-order valence-electron chi connectivity index (χ0n) is 9.21. The minimum atomic E-state index is 0.421. The summed E-state index contributed by atoms with van der Waals surface area (Å²) in [7, 11) is 0. The van der Waals surface area contributed by atoms with E-state index in [4.69, 9.17) is 4.99 Å². The normalized spacial score (nSPS) is 50.5. The van der Waals surface area contributed by atoms with Crippen LogP contribution in [0.3, 0.4) is 0 Å². The fourth-order valence-corrected chi connectivity index (χ4v) is 4.51. The van der Waals surface area contributed by atoms with E-state index in [2.05, 4.69) is 13.1 Å². The van der Waals surface area contributed by atoms with Crippen molar-refractivity contribution in [2.24, 2.45) is 22.7 Å². The first-order chi connectivity index (χ1) is 6.80. The number of nitrogens with zero attached hydrogens (tertiary/aromatic N) is 1. The minimum absolute atomic E-state index is 0.421. The highest BCUT2D eigenvalue weighted by molar-refractivity contribution is 5.57. The highest BCUT2D eigenvalue weighted by atomic mass is 14.9. The van der Waals surface area contributed by atoms with Gasteiger partial charge in [0.25, 0.3) is 0 Å². The van der Waals surface area contributed by atoms with Gasteiger partial charge in [0, 0.05) is 0 Å². The summed E-state index contributed by atoms with van der Waals surface area (Å²) in [5, 5.41) is 0. The molecular formula is C13H21N. The second-order valence-corrected chi connectivity index (χ2v) is 5.86. The molecule has 78 valence electrons. The van der Waals surface area contributed by atoms with Crippen molar-refractivity contribution in [2.45, 2.75) is 57.4 Å². The molecule has 0 atom stereocenters. The van der Waals surface area contributed by atoms with E-state index in [0.717, 1.165) is 24.2 Å². The van der Waals surface area contributed by atoms with Crippen molar-refractivity contribution in [3.63, 3.8) is 0 Å². The summed E-state index contributed by atoms with van der Waals surface area (Å²) in [5.74, 6) is 3.11. The van der Waals surface area contributed by atoms with Crippen molar-refractivity contribution in [3.05, 3.63) is 0 Å². The predicted octanol–water partition coefficient (Wildman–Crippen LogP) is 3.44. The van der Waals surface area contributed by atoms with Crippen molar-refractivity contribution < 1.29 is 0 Å². The first-order valence-corrected chi connectivity index (χ1v) is 6.33. The lowest BCUT2D eigenvalue weighted by molar-refractivity contribution is 0.00186. The van der Waals surface area contributed by atoms with Crippen LogP contribution in [0.15, 0.2) is 4.99 Å². The highest BCUT2D eigenvalue weighted by Gasteiger charge is 2.50. The van der Waals surface area contributed by atoms with Crippen LogP contribution in [0.4, 0.5) is 0 Å². The number of hydrogen-bond acceptors (Lipinski definition) is 1. The van der Waals surface area contributed by atoms with Crippen LogP contribution >= 0.6 is 0 Å². The lowest BCUT2D eigenvalue weighted by Crippen LogP contribution is -2.49. The van der Waals surface area contributed by atoms with Gasteiger partial charge in [-0.25, -0.2) is 0 Å². The Morgan fingerprint density at radius 2 is 1.57 bits per heavy atom. The van der Waals surface area contributed by atoms with Gasteiger partial charge in [-0.05, 0) is 68.9 Å². The van der Waals surface area contributed by atoms with Gasteiger partial charge in [-0.3, -0.25) is 4.99 Å². The molecule has 0 unspecified atom stereocenters. The van der Waals surface area contributed by atoms with E-state index in [1.54, 1.807) is 0 Å². The average molecular weight is 191 g/mol. The van der Waals surface area contributed by atoms with Crippen molar-refractivity contribution in [2.75, 3.05) is 0 Å². The molecule has 0 aromatic heterocycles. The Hall–Kier alpha value is -0.330. The predicted molar refractivity (Wildman–Crippen MR) is 59.7 cm³/mol. The van der Waals surface area contributed by atoms with Crippen molar-refractivity contribution in [1.82, 2.24) is 0 Å². The Balaban J connectivity index is 1.84. The van der Waals surface area contributed by atoms with Gasteiger partial charge in [-0.1, -0.05) is 6.92 Å². The van der Waals surface area contributed by atoms with E-state index in [1.807, 2.05) is 0 Å². The largest absolute Gasteiger partial charge is 0.291 e. The summed E-state index contributed by atoms with van der Waals surface area (Å²) in [6, 6.07) is 0. The van der Waals surface area contributed by atoms with Crippen LogP contribution < -0.4 is 0 Å². The monoisotopic (exact) mass is 191 g/mol. The molecule has 4 saturated carbocycles. The van der Waals surface area contributed by atoms with Crippen LogP contribution in [-0.2, 0) is 0 Å². The molecule has 4 aliphatic rings. The summed E-state index contributed by atoms with van der Waals surface area (Å²) < 4.78 is 0. The topological polar surface area (TPSA) is 12.4 Å². The molecular weight excluding hydrogens is 170 g/mol. The third kappa shape index (κ3) is 1.32. The summed E-state index contributed by atoms with van der Waals surface area (Å²) in [4.78, 5) is 4.91. The number of aliphatic imine (C=N–C) groups is 1. The van der Waals surface area contributed by atoms with Gasteiger partial charge >= 0.3 is 0 Å². The van der Waals surface area contributed by atoms with Crippen LogP contribution in [0.25, 0.3) is 0 Å². The maximum atomic E-state index is 4.91. The van der Waals surface area contributed by atoms with Gasteiger partial charge in [0.2, 0.25) is 0 Å². The Bertz CT molecular complexity index is 219. The van der Waals surface area contributed by atoms with Gasteiger partial charge in [-0.15, -0.1) is 0 Å². The Morgan fingerprint density at radius 1 is 1.07 bits per heavy atom. The van der Waals surface area contributed by atoms with E-state index in [0.29, 0.717) is 5.54 Å². The standard InChI is InChI=1S/C13H21N/c1-2-3-14-13-7-10-4-11(8-13)6-12(5-10)9-13/h3,10-12H,2,4-9H2,1H3. The fourth-order valence-electron chi connectivity index (χ4n) is 4.51. The first-order valence-electron chi connectivity index (χ1n) is 6.33. The van der Waals surface area contributed by atoms with E-state index in [9.17, 15) is 0 Å². The van der Waals surface area contributed by atoms with E-state index >= 15 is 0 Å². The molecule has 0 aromatic carbocycles. The van der Waals surface area contributed by atoms with Gasteiger partial charge in [0.1, 0.15) is 0 Å². The smallest absolute Gasteiger partial charge is 0.0612 e. The van der Waals surface area contributed by atoms with Crippen molar-refractivity contribution >= 4 is 6.21 Å². The molecule has 0 heterocycles. The molecule has 1 heteroatoms. The number of hydrogen-bond donors (Lipinski definition) is 0. The molecule has 0 aliphatic heterocycles. The van der Waals surface area contributed by atoms with E-state index < -0.39 is 0 Å². The summed E-state index contributed by atoms with van der Waals surface area (Å²) in [6.07, 6.45) is 12.1. The van der Waals surface area contributed by atoms with Gasteiger partial charge in [0.05, 0.1) is 5.54 Å². The molecule has 14 heavy (non-hydrogen) atoms. The quantitative estimate of drug-likeness (QED) is 0.593. The lowest BCUT2D eigenvalue weighted by atomic mass is 9.53. The van der Waals surface area contributed by atoms with Gasteiger partial charge in [-0.2, -0.15) is 0 Å². The minimum Gasteiger partial charge on any atom is -0.291 e. The van der Waals surface area contributed by atoms with Crippen molar-refractivity contribution in [3.8, 4) is 0 Å². The van der Waals surface area contributed by atoms with Crippen LogP contribution in [0.2, 0.25) is 0 Å². The maximum Gasteiger partial charge on any atom is 0.0612 e. The van der Waals surface area contributed by atoms with Crippen LogP contribution in [0.1, 0.15) is 51.9 Å². The summed E-state index contributed by atoms with van der Waals surface area (Å²) in [6.45, 7) is 2.20. The van der Waals surface area contributed by atoms with Crippen LogP contribution in [0, 0.1) is 17.8 Å². The van der Waals surface area contributed by atoms with Crippen LogP contribution in [-0.4, -0.2) is 11.8 Å². The molecule has 0 aromatic rings. The third-order valence-corrected chi connectivity index (χ3v) is 4.55. The molecule has 4 fully saturated rings. The van der Waals surface area contributed by atoms with E-state index in [-0.39, 0.29) is 0 Å². The second-order valence-electron chi connectivity index (χ2n) is 5.86. The average Bonchev–Trinajstić information content (AvgIpc) is 2.12. The van der Waals surface area contributed by atoms with Gasteiger partial charge in [0.15, 0.2) is 0 Å². The molecule has 0 saturated heterocycles. The molecule has 4 rings (SSSR count). The van der Waals surface area contributed by atoms with Gasteiger partial charge < -0.3 is 0 Å².